The third kappa shape index (κ3) is 2.25. The summed E-state index contributed by atoms with van der Waals surface area (Å²) < 4.78 is 3.25. The molecule has 0 aliphatic heterocycles. The van der Waals surface area contributed by atoms with Crippen molar-refractivity contribution in [2.45, 2.75) is 52.5 Å². The Kier molecular flexibility index (Phi) is 3.05. The number of nitrogens with one attached hydrogen (secondary N) is 1. The molecule has 0 bridgehead atoms. The van der Waals surface area contributed by atoms with E-state index in [4.69, 9.17) is 12.2 Å². The number of imidazole rings is 1. The molecule has 0 radical (unpaired) electrons. The molecule has 1 fully saturated rings. The maximum Gasteiger partial charge on any atom is 0.178 e. The van der Waals surface area contributed by atoms with Crippen LogP contribution in [0.2, 0.25) is 0 Å². The molecule has 1 N–H and O–H groups in total. The maximum atomic E-state index is 5.56. The van der Waals surface area contributed by atoms with Crippen LogP contribution in [-0.2, 0) is 0 Å². The maximum absolute atomic E-state index is 5.56. The van der Waals surface area contributed by atoms with Gasteiger partial charge in [-0.2, -0.15) is 0 Å². The van der Waals surface area contributed by atoms with Crippen molar-refractivity contribution >= 4 is 23.3 Å². The largest absolute Gasteiger partial charge is 0.331 e. The number of nitrogens with zero attached hydrogens (tertiary/aromatic N) is 1. The molecule has 1 saturated carbocycles. The van der Waals surface area contributed by atoms with Crippen molar-refractivity contribution in [2.75, 3.05) is 0 Å². The van der Waals surface area contributed by atoms with Gasteiger partial charge in [-0.3, -0.25) is 0 Å². The van der Waals surface area contributed by atoms with Crippen LogP contribution < -0.4 is 0 Å². The lowest BCUT2D eigenvalue weighted by Gasteiger charge is -2.35. The van der Waals surface area contributed by atoms with Gasteiger partial charge in [-0.1, -0.05) is 26.0 Å². The number of H-pyrrole nitrogens is 1. The summed E-state index contributed by atoms with van der Waals surface area (Å²) in [6.45, 7) is 6.93. The Morgan fingerprint density at radius 2 is 1.95 bits per heavy atom. The molecule has 1 aliphatic carbocycles. The highest BCUT2D eigenvalue weighted by molar-refractivity contribution is 7.71. The van der Waals surface area contributed by atoms with Gasteiger partial charge in [0.15, 0.2) is 4.77 Å². The van der Waals surface area contributed by atoms with E-state index in [1.54, 1.807) is 0 Å². The molecule has 1 aliphatic rings. The van der Waals surface area contributed by atoms with Crippen LogP contribution in [0, 0.1) is 17.1 Å². The number of hydrogen-bond acceptors (Lipinski definition) is 1. The van der Waals surface area contributed by atoms with E-state index in [9.17, 15) is 0 Å². The van der Waals surface area contributed by atoms with Crippen molar-refractivity contribution in [3.8, 4) is 0 Å². The average Bonchev–Trinajstić information content (AvgIpc) is 2.67. The lowest BCUT2D eigenvalue weighted by molar-refractivity contribution is 0.195. The molecule has 0 atom stereocenters. The zero-order valence-electron chi connectivity index (χ0n) is 12.0. The molecule has 0 spiro atoms. The minimum Gasteiger partial charge on any atom is -0.331 e. The van der Waals surface area contributed by atoms with Gasteiger partial charge >= 0.3 is 0 Å². The van der Waals surface area contributed by atoms with Gasteiger partial charge in [0, 0.05) is 6.04 Å². The summed E-state index contributed by atoms with van der Waals surface area (Å²) in [5, 5.41) is 0. The normalized spacial score (nSPS) is 19.9. The highest BCUT2D eigenvalue weighted by atomic mass is 32.1. The lowest BCUT2D eigenvalue weighted by Crippen LogP contribution is -2.23. The Hall–Kier alpha value is -1.09. The first kappa shape index (κ1) is 12.9. The number of aromatic amines is 1. The van der Waals surface area contributed by atoms with Gasteiger partial charge in [-0.15, -0.1) is 0 Å². The molecule has 0 saturated heterocycles. The second-order valence-corrected chi connectivity index (χ2v) is 7.05. The van der Waals surface area contributed by atoms with Gasteiger partial charge < -0.3 is 9.55 Å². The first-order chi connectivity index (χ1) is 8.98. The molecule has 1 aromatic heterocycles. The summed E-state index contributed by atoms with van der Waals surface area (Å²) in [6.07, 6.45) is 5.06. The Labute approximate surface area is 119 Å². The minimum atomic E-state index is 0.500. The first-order valence-corrected chi connectivity index (χ1v) is 7.59. The molecule has 2 nitrogen and oxygen atoms in total. The topological polar surface area (TPSA) is 20.7 Å². The summed E-state index contributed by atoms with van der Waals surface area (Å²) in [5.41, 5.74) is 4.29. The predicted molar refractivity (Wildman–Crippen MR) is 83.1 cm³/mol. The summed E-state index contributed by atoms with van der Waals surface area (Å²) in [4.78, 5) is 3.36. The van der Waals surface area contributed by atoms with Crippen LogP contribution >= 0.6 is 12.2 Å². The van der Waals surface area contributed by atoms with Gasteiger partial charge in [0.25, 0.3) is 0 Å². The molecule has 1 heterocycles. The quantitative estimate of drug-likeness (QED) is 0.713. The van der Waals surface area contributed by atoms with E-state index < -0.39 is 0 Å². The number of benzene rings is 1. The van der Waals surface area contributed by atoms with Crippen molar-refractivity contribution in [3.63, 3.8) is 0 Å². The Morgan fingerprint density at radius 1 is 1.26 bits per heavy atom. The fourth-order valence-electron chi connectivity index (χ4n) is 3.35. The van der Waals surface area contributed by atoms with Crippen LogP contribution in [-0.4, -0.2) is 9.55 Å². The molecule has 3 heteroatoms. The Morgan fingerprint density at radius 3 is 2.63 bits per heavy atom. The van der Waals surface area contributed by atoms with E-state index in [0.717, 1.165) is 4.77 Å². The SMILES string of the molecule is Cc1cccc2[nH]c(=S)n(C3CCC(C)(C)CC3)c12. The summed E-state index contributed by atoms with van der Waals surface area (Å²) >= 11 is 5.56. The minimum absolute atomic E-state index is 0.500. The summed E-state index contributed by atoms with van der Waals surface area (Å²) in [7, 11) is 0. The number of fused-ring (bicyclic) bond motifs is 1. The molecule has 3 rings (SSSR count). The number of aryl methyl sites for hydroxylation is 1. The third-order valence-electron chi connectivity index (χ3n) is 4.61. The zero-order valence-corrected chi connectivity index (χ0v) is 12.8. The Bertz CT molecular complexity index is 653. The lowest BCUT2D eigenvalue weighted by atomic mass is 9.75. The van der Waals surface area contributed by atoms with Crippen LogP contribution in [0.4, 0.5) is 0 Å². The van der Waals surface area contributed by atoms with Crippen molar-refractivity contribution < 1.29 is 0 Å². The van der Waals surface area contributed by atoms with Gasteiger partial charge in [0.1, 0.15) is 0 Å². The van der Waals surface area contributed by atoms with Gasteiger partial charge in [-0.25, -0.2) is 0 Å². The molecule has 0 amide bonds. The fraction of sp³-hybridized carbons (Fsp3) is 0.562. The standard InChI is InChI=1S/C16H22N2S/c1-11-5-4-6-13-14(11)18(15(19)17-13)12-7-9-16(2,3)10-8-12/h4-6,12H,7-10H2,1-3H3,(H,17,19). The van der Waals surface area contributed by atoms with Crippen molar-refractivity contribution in [1.82, 2.24) is 9.55 Å². The summed E-state index contributed by atoms with van der Waals surface area (Å²) in [5.74, 6) is 0. The van der Waals surface area contributed by atoms with E-state index in [2.05, 4.69) is 48.5 Å². The monoisotopic (exact) mass is 274 g/mol. The van der Waals surface area contributed by atoms with Crippen LogP contribution in [0.1, 0.15) is 51.1 Å². The van der Waals surface area contributed by atoms with Gasteiger partial charge in [-0.05, 0) is 61.9 Å². The Balaban J connectivity index is 2.06. The van der Waals surface area contributed by atoms with Crippen molar-refractivity contribution in [3.05, 3.63) is 28.5 Å². The third-order valence-corrected chi connectivity index (χ3v) is 4.91. The highest BCUT2D eigenvalue weighted by Gasteiger charge is 2.28. The smallest absolute Gasteiger partial charge is 0.178 e. The summed E-state index contributed by atoms with van der Waals surface area (Å²) in [6, 6.07) is 6.96. The molecule has 2 aromatic rings. The van der Waals surface area contributed by atoms with E-state index in [1.165, 1.54) is 42.3 Å². The van der Waals surface area contributed by atoms with Crippen molar-refractivity contribution in [1.29, 1.82) is 0 Å². The van der Waals surface area contributed by atoms with E-state index >= 15 is 0 Å². The van der Waals surface area contributed by atoms with Crippen LogP contribution in [0.15, 0.2) is 18.2 Å². The van der Waals surface area contributed by atoms with E-state index in [0.29, 0.717) is 11.5 Å². The zero-order chi connectivity index (χ0) is 13.6. The number of hydrogen-bond donors (Lipinski definition) is 1. The van der Waals surface area contributed by atoms with Crippen LogP contribution in [0.25, 0.3) is 11.0 Å². The second-order valence-electron chi connectivity index (χ2n) is 6.67. The second kappa shape index (κ2) is 4.48. The molecular weight excluding hydrogens is 252 g/mol. The van der Waals surface area contributed by atoms with E-state index in [-0.39, 0.29) is 0 Å². The molecule has 0 unspecified atom stereocenters. The molecule has 102 valence electrons. The van der Waals surface area contributed by atoms with Crippen LogP contribution in [0.5, 0.6) is 0 Å². The molecule has 1 aromatic carbocycles. The highest BCUT2D eigenvalue weighted by Crippen LogP contribution is 2.41. The van der Waals surface area contributed by atoms with E-state index in [1.807, 2.05) is 0 Å². The molecular formula is C16H22N2S. The predicted octanol–water partition coefficient (Wildman–Crippen LogP) is 5.15. The first-order valence-electron chi connectivity index (χ1n) is 7.18. The molecule has 19 heavy (non-hydrogen) atoms. The average molecular weight is 274 g/mol. The number of aromatic nitrogens is 2. The fourth-order valence-corrected chi connectivity index (χ4v) is 3.70. The van der Waals surface area contributed by atoms with Crippen LogP contribution in [0.3, 0.4) is 0 Å². The number of para-hydroxylation sites is 1. The van der Waals surface area contributed by atoms with Gasteiger partial charge in [0.2, 0.25) is 0 Å². The van der Waals surface area contributed by atoms with Crippen molar-refractivity contribution in [2.24, 2.45) is 5.41 Å². The van der Waals surface area contributed by atoms with Gasteiger partial charge in [0.05, 0.1) is 11.0 Å². The number of rotatable bonds is 1.